The number of imide groups is 1. The van der Waals surface area contributed by atoms with Gasteiger partial charge in [-0.2, -0.15) is 0 Å². The lowest BCUT2D eigenvalue weighted by atomic mass is 9.94. The van der Waals surface area contributed by atoms with E-state index in [1.807, 2.05) is 18.2 Å². The lowest BCUT2D eigenvalue weighted by Gasteiger charge is -2.27. The third kappa shape index (κ3) is 4.47. The van der Waals surface area contributed by atoms with Gasteiger partial charge in [-0.05, 0) is 48.6 Å². The van der Waals surface area contributed by atoms with Gasteiger partial charge in [-0.15, -0.1) is 0 Å². The summed E-state index contributed by atoms with van der Waals surface area (Å²) in [6, 6.07) is 16.0. The van der Waals surface area contributed by atoms with Gasteiger partial charge in [-0.1, -0.05) is 30.3 Å². The lowest BCUT2D eigenvalue weighted by molar-refractivity contribution is -0.155. The standard InChI is InChI=1S/C27H24N2O7/c1-16(25(31)28-14-17-10-11-21-22(13-17)35-15-34-21)36-23(30)9-4-12-29-26(32)19-7-2-5-18-6-3-8-20(24(18)19)27(29)33/h2-3,5-8,10-11,13,16H,4,9,12,14-15H2,1H3,(H,28,31)/t16-/m1/s1. The Kier molecular flexibility index (Phi) is 6.28. The Balaban J connectivity index is 1.10. The zero-order chi connectivity index (χ0) is 25.2. The van der Waals surface area contributed by atoms with E-state index in [2.05, 4.69) is 5.32 Å². The van der Waals surface area contributed by atoms with Crippen molar-refractivity contribution in [2.45, 2.75) is 32.4 Å². The van der Waals surface area contributed by atoms with Crippen molar-refractivity contribution >= 4 is 34.5 Å². The molecule has 5 rings (SSSR count). The van der Waals surface area contributed by atoms with Crippen molar-refractivity contribution in [1.29, 1.82) is 0 Å². The summed E-state index contributed by atoms with van der Waals surface area (Å²) in [7, 11) is 0. The third-order valence-electron chi connectivity index (χ3n) is 6.20. The molecule has 0 fully saturated rings. The van der Waals surface area contributed by atoms with E-state index < -0.39 is 18.0 Å². The van der Waals surface area contributed by atoms with Gasteiger partial charge in [0.15, 0.2) is 17.6 Å². The average Bonchev–Trinajstić information content (AvgIpc) is 3.35. The van der Waals surface area contributed by atoms with Gasteiger partial charge in [0.05, 0.1) is 0 Å². The lowest BCUT2D eigenvalue weighted by Crippen LogP contribution is -2.41. The molecule has 0 spiro atoms. The number of fused-ring (bicyclic) bond motifs is 1. The molecule has 9 heteroatoms. The highest BCUT2D eigenvalue weighted by Crippen LogP contribution is 2.32. The van der Waals surface area contributed by atoms with Crippen molar-refractivity contribution in [3.63, 3.8) is 0 Å². The number of benzene rings is 3. The van der Waals surface area contributed by atoms with E-state index in [0.29, 0.717) is 28.0 Å². The van der Waals surface area contributed by atoms with Crippen LogP contribution in [0.25, 0.3) is 10.8 Å². The fraction of sp³-hybridized carbons (Fsp3) is 0.259. The maximum atomic E-state index is 12.9. The van der Waals surface area contributed by atoms with E-state index in [-0.39, 0.29) is 44.5 Å². The van der Waals surface area contributed by atoms with Crippen LogP contribution in [0.2, 0.25) is 0 Å². The number of hydrogen-bond donors (Lipinski definition) is 1. The Labute approximate surface area is 206 Å². The number of rotatable bonds is 8. The van der Waals surface area contributed by atoms with Crippen molar-refractivity contribution in [1.82, 2.24) is 10.2 Å². The predicted octanol–water partition coefficient (Wildman–Crippen LogP) is 3.19. The molecule has 2 heterocycles. The van der Waals surface area contributed by atoms with E-state index in [1.165, 1.54) is 6.92 Å². The van der Waals surface area contributed by atoms with E-state index in [1.54, 1.807) is 36.4 Å². The van der Waals surface area contributed by atoms with Crippen LogP contribution in [0.3, 0.4) is 0 Å². The first-order chi connectivity index (χ1) is 17.4. The van der Waals surface area contributed by atoms with Gasteiger partial charge in [-0.25, -0.2) is 0 Å². The number of hydrogen-bond acceptors (Lipinski definition) is 7. The summed E-state index contributed by atoms with van der Waals surface area (Å²) in [6.07, 6.45) is -0.808. The van der Waals surface area contributed by atoms with Crippen LogP contribution in [-0.4, -0.2) is 48.0 Å². The maximum absolute atomic E-state index is 12.9. The topological polar surface area (TPSA) is 111 Å². The fourth-order valence-corrected chi connectivity index (χ4v) is 4.36. The van der Waals surface area contributed by atoms with Crippen molar-refractivity contribution in [3.8, 4) is 11.5 Å². The first kappa shape index (κ1) is 23.3. The molecule has 0 aromatic heterocycles. The quantitative estimate of drug-likeness (QED) is 0.383. The largest absolute Gasteiger partial charge is 0.454 e. The fourth-order valence-electron chi connectivity index (χ4n) is 4.36. The van der Waals surface area contributed by atoms with Gasteiger partial charge in [-0.3, -0.25) is 24.1 Å². The smallest absolute Gasteiger partial charge is 0.306 e. The molecule has 36 heavy (non-hydrogen) atoms. The van der Waals surface area contributed by atoms with Crippen molar-refractivity contribution in [3.05, 3.63) is 71.3 Å². The molecule has 0 saturated heterocycles. The molecule has 0 radical (unpaired) electrons. The molecule has 1 atom stereocenters. The number of carbonyl (C=O) groups excluding carboxylic acids is 4. The summed E-state index contributed by atoms with van der Waals surface area (Å²) in [4.78, 5) is 51.7. The molecule has 2 aliphatic heterocycles. The second kappa shape index (κ2) is 9.69. The van der Waals surface area contributed by atoms with Crippen molar-refractivity contribution < 1.29 is 33.4 Å². The van der Waals surface area contributed by atoms with Crippen LogP contribution in [0, 0.1) is 0 Å². The normalized spacial score (nSPS) is 14.6. The van der Waals surface area contributed by atoms with Crippen molar-refractivity contribution in [2.75, 3.05) is 13.3 Å². The Hall–Kier alpha value is -4.40. The molecule has 9 nitrogen and oxygen atoms in total. The summed E-state index contributed by atoms with van der Waals surface area (Å²) in [5.74, 6) is -0.510. The minimum Gasteiger partial charge on any atom is -0.454 e. The highest BCUT2D eigenvalue weighted by atomic mass is 16.7. The molecule has 0 bridgehead atoms. The highest BCUT2D eigenvalue weighted by Gasteiger charge is 2.32. The first-order valence-electron chi connectivity index (χ1n) is 11.7. The van der Waals surface area contributed by atoms with Crippen LogP contribution in [0.1, 0.15) is 46.0 Å². The Bertz CT molecular complexity index is 1330. The van der Waals surface area contributed by atoms with Crippen LogP contribution in [0.5, 0.6) is 11.5 Å². The average molecular weight is 488 g/mol. The van der Waals surface area contributed by atoms with E-state index in [4.69, 9.17) is 14.2 Å². The molecule has 3 aromatic carbocycles. The first-order valence-corrected chi connectivity index (χ1v) is 11.7. The van der Waals surface area contributed by atoms with E-state index in [9.17, 15) is 19.2 Å². The molecular weight excluding hydrogens is 464 g/mol. The minimum absolute atomic E-state index is 0.0390. The van der Waals surface area contributed by atoms with Crippen LogP contribution in [0.15, 0.2) is 54.6 Å². The summed E-state index contributed by atoms with van der Waals surface area (Å²) >= 11 is 0. The molecular formula is C27H24N2O7. The number of nitrogens with one attached hydrogen (secondary N) is 1. The van der Waals surface area contributed by atoms with Gasteiger partial charge in [0.1, 0.15) is 0 Å². The van der Waals surface area contributed by atoms with E-state index in [0.717, 1.165) is 15.8 Å². The predicted molar refractivity (Wildman–Crippen MR) is 129 cm³/mol. The zero-order valence-electron chi connectivity index (χ0n) is 19.6. The number of ether oxygens (including phenoxy) is 3. The van der Waals surface area contributed by atoms with Gasteiger partial charge >= 0.3 is 5.97 Å². The summed E-state index contributed by atoms with van der Waals surface area (Å²) in [6.45, 7) is 1.97. The second-order valence-corrected chi connectivity index (χ2v) is 8.61. The number of amides is 3. The number of esters is 1. The molecule has 0 unspecified atom stereocenters. The van der Waals surface area contributed by atoms with Gasteiger partial charge in [0, 0.05) is 36.0 Å². The summed E-state index contributed by atoms with van der Waals surface area (Å²) in [5, 5.41) is 4.22. The molecule has 0 aliphatic carbocycles. The van der Waals surface area contributed by atoms with Crippen molar-refractivity contribution in [2.24, 2.45) is 0 Å². The van der Waals surface area contributed by atoms with Crippen LogP contribution >= 0.6 is 0 Å². The number of nitrogens with zero attached hydrogens (tertiary/aromatic N) is 1. The second-order valence-electron chi connectivity index (χ2n) is 8.61. The highest BCUT2D eigenvalue weighted by molar-refractivity contribution is 6.25. The molecule has 2 aliphatic rings. The van der Waals surface area contributed by atoms with Crippen LogP contribution < -0.4 is 14.8 Å². The Morgan fingerprint density at radius 2 is 1.69 bits per heavy atom. The SMILES string of the molecule is C[C@@H](OC(=O)CCCN1C(=O)c2cccc3cccc(c23)C1=O)C(=O)NCc1ccc2c(c1)OCO2. The Morgan fingerprint density at radius 3 is 2.42 bits per heavy atom. The zero-order valence-corrected chi connectivity index (χ0v) is 19.6. The van der Waals surface area contributed by atoms with Gasteiger partial charge < -0.3 is 19.5 Å². The third-order valence-corrected chi connectivity index (χ3v) is 6.20. The minimum atomic E-state index is -0.991. The summed E-state index contributed by atoms with van der Waals surface area (Å²) in [5.41, 5.74) is 1.76. The van der Waals surface area contributed by atoms with Crippen LogP contribution in [0.4, 0.5) is 0 Å². The monoisotopic (exact) mass is 488 g/mol. The van der Waals surface area contributed by atoms with Gasteiger partial charge in [0.2, 0.25) is 6.79 Å². The summed E-state index contributed by atoms with van der Waals surface area (Å²) < 4.78 is 15.8. The van der Waals surface area contributed by atoms with Crippen LogP contribution in [-0.2, 0) is 20.9 Å². The molecule has 184 valence electrons. The van der Waals surface area contributed by atoms with E-state index >= 15 is 0 Å². The number of carbonyl (C=O) groups is 4. The molecule has 3 amide bonds. The molecule has 0 saturated carbocycles. The molecule has 3 aromatic rings. The van der Waals surface area contributed by atoms with Gasteiger partial charge in [0.25, 0.3) is 17.7 Å². The molecule has 1 N–H and O–H groups in total. The maximum Gasteiger partial charge on any atom is 0.306 e. The Morgan fingerprint density at radius 1 is 1.00 bits per heavy atom.